The molecule has 82 valence electrons. The van der Waals surface area contributed by atoms with Gasteiger partial charge in [-0.25, -0.2) is 0 Å². The van der Waals surface area contributed by atoms with Crippen molar-refractivity contribution in [2.24, 2.45) is 0 Å². The van der Waals surface area contributed by atoms with Gasteiger partial charge in [0.2, 0.25) is 0 Å². The van der Waals surface area contributed by atoms with Crippen LogP contribution in [0, 0.1) is 0 Å². The second-order valence-corrected chi connectivity index (χ2v) is 5.29. The summed E-state index contributed by atoms with van der Waals surface area (Å²) in [7, 11) is 0. The molecular weight excluding hydrogens is 222 g/mol. The van der Waals surface area contributed by atoms with Crippen LogP contribution >= 0.6 is 24.0 Å². The van der Waals surface area contributed by atoms with Gasteiger partial charge in [0.25, 0.3) is 0 Å². The lowest BCUT2D eigenvalue weighted by Gasteiger charge is -2.19. The standard InChI is InChI=1S/C12H17NS2/c14-8-2-1-7-13(11-5-6-11)10-12-4-3-9-15-12/h1-4,9,11,14H,5-8,10H2. The van der Waals surface area contributed by atoms with Gasteiger partial charge in [-0.2, -0.15) is 12.6 Å². The second-order valence-electron chi connectivity index (χ2n) is 3.89. The first-order chi connectivity index (χ1) is 7.40. The summed E-state index contributed by atoms with van der Waals surface area (Å²) >= 11 is 6.03. The molecule has 0 radical (unpaired) electrons. The molecule has 15 heavy (non-hydrogen) atoms. The Kier molecular flexibility index (Phi) is 4.29. The molecule has 0 aliphatic heterocycles. The highest BCUT2D eigenvalue weighted by Crippen LogP contribution is 2.28. The van der Waals surface area contributed by atoms with E-state index in [4.69, 9.17) is 0 Å². The zero-order valence-electron chi connectivity index (χ0n) is 8.80. The van der Waals surface area contributed by atoms with E-state index in [2.05, 4.69) is 47.2 Å². The summed E-state index contributed by atoms with van der Waals surface area (Å²) in [5.74, 6) is 0.845. The average molecular weight is 239 g/mol. The third-order valence-electron chi connectivity index (χ3n) is 2.61. The summed E-state index contributed by atoms with van der Waals surface area (Å²) in [5.41, 5.74) is 0. The highest BCUT2D eigenvalue weighted by atomic mass is 32.1. The lowest BCUT2D eigenvalue weighted by molar-refractivity contribution is 0.286. The highest BCUT2D eigenvalue weighted by molar-refractivity contribution is 7.80. The molecule has 1 saturated carbocycles. The average Bonchev–Trinajstić information content (AvgIpc) is 2.97. The fraction of sp³-hybridized carbons (Fsp3) is 0.500. The lowest BCUT2D eigenvalue weighted by Crippen LogP contribution is -2.25. The van der Waals surface area contributed by atoms with E-state index < -0.39 is 0 Å². The first-order valence-corrected chi connectivity index (χ1v) is 6.93. The first-order valence-electron chi connectivity index (χ1n) is 5.42. The van der Waals surface area contributed by atoms with Crippen LogP contribution in [0.25, 0.3) is 0 Å². The Bertz CT molecular complexity index is 301. The van der Waals surface area contributed by atoms with Gasteiger partial charge in [0.1, 0.15) is 0 Å². The Morgan fingerprint density at radius 3 is 2.93 bits per heavy atom. The summed E-state index contributed by atoms with van der Waals surface area (Å²) < 4.78 is 0. The van der Waals surface area contributed by atoms with E-state index in [9.17, 15) is 0 Å². The summed E-state index contributed by atoms with van der Waals surface area (Å²) in [6, 6.07) is 5.19. The van der Waals surface area contributed by atoms with E-state index in [0.29, 0.717) is 0 Å². The van der Waals surface area contributed by atoms with Crippen LogP contribution in [0.1, 0.15) is 17.7 Å². The van der Waals surface area contributed by atoms with Gasteiger partial charge in [-0.15, -0.1) is 11.3 Å². The van der Waals surface area contributed by atoms with E-state index in [-0.39, 0.29) is 0 Å². The quantitative estimate of drug-likeness (QED) is 0.589. The maximum absolute atomic E-state index is 4.18. The molecule has 1 aliphatic rings. The molecule has 1 heterocycles. The summed E-state index contributed by atoms with van der Waals surface area (Å²) in [5, 5.41) is 2.16. The first kappa shape index (κ1) is 11.2. The Labute approximate surface area is 101 Å². The largest absolute Gasteiger partial charge is 0.292 e. The molecule has 2 rings (SSSR count). The van der Waals surface area contributed by atoms with Gasteiger partial charge in [0.05, 0.1) is 0 Å². The molecule has 0 atom stereocenters. The minimum Gasteiger partial charge on any atom is -0.292 e. The van der Waals surface area contributed by atoms with Crippen LogP contribution in [0.3, 0.4) is 0 Å². The van der Waals surface area contributed by atoms with Crippen molar-refractivity contribution in [3.05, 3.63) is 34.5 Å². The molecule has 1 nitrogen and oxygen atoms in total. The smallest absolute Gasteiger partial charge is 0.0334 e. The normalized spacial score (nSPS) is 16.7. The van der Waals surface area contributed by atoms with E-state index >= 15 is 0 Å². The van der Waals surface area contributed by atoms with Crippen molar-refractivity contribution in [1.82, 2.24) is 4.90 Å². The van der Waals surface area contributed by atoms with Crippen molar-refractivity contribution in [1.29, 1.82) is 0 Å². The molecule has 1 aromatic heterocycles. The molecule has 0 aromatic carbocycles. The fourth-order valence-electron chi connectivity index (χ4n) is 1.67. The molecule has 0 saturated heterocycles. The molecule has 1 aliphatic carbocycles. The van der Waals surface area contributed by atoms with Crippen LogP contribution in [-0.2, 0) is 6.54 Å². The van der Waals surface area contributed by atoms with Gasteiger partial charge in [-0.1, -0.05) is 18.2 Å². The maximum Gasteiger partial charge on any atom is 0.0334 e. The van der Waals surface area contributed by atoms with Crippen LogP contribution in [-0.4, -0.2) is 23.2 Å². The van der Waals surface area contributed by atoms with E-state index in [1.165, 1.54) is 17.7 Å². The van der Waals surface area contributed by atoms with Crippen molar-refractivity contribution in [2.45, 2.75) is 25.4 Å². The van der Waals surface area contributed by atoms with Crippen LogP contribution < -0.4 is 0 Å². The zero-order chi connectivity index (χ0) is 10.5. The topological polar surface area (TPSA) is 3.24 Å². The predicted molar refractivity (Wildman–Crippen MR) is 70.7 cm³/mol. The number of nitrogens with zero attached hydrogens (tertiary/aromatic N) is 1. The minimum absolute atomic E-state index is 0.830. The maximum atomic E-state index is 4.18. The van der Waals surface area contributed by atoms with E-state index in [1.54, 1.807) is 0 Å². The second kappa shape index (κ2) is 5.73. The number of rotatable bonds is 6. The summed E-state index contributed by atoms with van der Waals surface area (Å²) in [4.78, 5) is 4.03. The molecular formula is C12H17NS2. The Morgan fingerprint density at radius 2 is 2.33 bits per heavy atom. The molecule has 0 bridgehead atoms. The van der Waals surface area contributed by atoms with Crippen molar-refractivity contribution in [2.75, 3.05) is 12.3 Å². The third-order valence-corrected chi connectivity index (χ3v) is 3.69. The fourth-order valence-corrected chi connectivity index (χ4v) is 2.55. The van der Waals surface area contributed by atoms with Crippen LogP contribution in [0.5, 0.6) is 0 Å². The number of thiol groups is 1. The molecule has 0 spiro atoms. The lowest BCUT2D eigenvalue weighted by atomic mass is 10.3. The predicted octanol–water partition coefficient (Wildman–Crippen LogP) is 3.20. The SMILES string of the molecule is SCC=CCN(Cc1cccs1)C1CC1. The van der Waals surface area contributed by atoms with Crippen LogP contribution in [0.2, 0.25) is 0 Å². The molecule has 0 N–H and O–H groups in total. The number of hydrogen-bond donors (Lipinski definition) is 1. The molecule has 1 fully saturated rings. The number of thiophene rings is 1. The monoisotopic (exact) mass is 239 g/mol. The van der Waals surface area contributed by atoms with Gasteiger partial charge in [-0.3, -0.25) is 4.90 Å². The van der Waals surface area contributed by atoms with Gasteiger partial charge < -0.3 is 0 Å². The Hall–Kier alpha value is -0.250. The molecule has 1 aromatic rings. The van der Waals surface area contributed by atoms with Crippen molar-refractivity contribution in [3.8, 4) is 0 Å². The Morgan fingerprint density at radius 1 is 1.47 bits per heavy atom. The molecule has 0 amide bonds. The van der Waals surface area contributed by atoms with Crippen LogP contribution in [0.4, 0.5) is 0 Å². The van der Waals surface area contributed by atoms with Gasteiger partial charge in [0, 0.05) is 29.8 Å². The summed E-state index contributed by atoms with van der Waals surface area (Å²) in [6.07, 6.45) is 7.12. The van der Waals surface area contributed by atoms with Crippen molar-refractivity contribution < 1.29 is 0 Å². The number of hydrogen-bond acceptors (Lipinski definition) is 3. The van der Waals surface area contributed by atoms with E-state index in [1.807, 2.05) is 11.3 Å². The summed E-state index contributed by atoms with van der Waals surface area (Å²) in [6.45, 7) is 2.18. The van der Waals surface area contributed by atoms with Crippen LogP contribution in [0.15, 0.2) is 29.7 Å². The van der Waals surface area contributed by atoms with E-state index in [0.717, 1.165) is 24.9 Å². The zero-order valence-corrected chi connectivity index (χ0v) is 10.5. The molecule has 0 unspecified atom stereocenters. The van der Waals surface area contributed by atoms with Gasteiger partial charge >= 0.3 is 0 Å². The Balaban J connectivity index is 1.86. The van der Waals surface area contributed by atoms with Crippen molar-refractivity contribution in [3.63, 3.8) is 0 Å². The minimum atomic E-state index is 0.830. The van der Waals surface area contributed by atoms with Gasteiger partial charge in [-0.05, 0) is 24.3 Å². The highest BCUT2D eigenvalue weighted by Gasteiger charge is 2.28. The van der Waals surface area contributed by atoms with Gasteiger partial charge in [0.15, 0.2) is 0 Å². The third kappa shape index (κ3) is 3.67. The molecule has 3 heteroatoms. The van der Waals surface area contributed by atoms with Crippen molar-refractivity contribution >= 4 is 24.0 Å².